The number of nitrogens with zero attached hydrogens (tertiary/aromatic N) is 1. The molecular weight excluding hydrogens is 325 g/mol. The number of halogens is 1. The molecule has 2 N–H and O–H groups in total. The highest BCUT2D eigenvalue weighted by Gasteiger charge is 2.21. The molecular formula is C18H18FN3O3. The van der Waals surface area contributed by atoms with Gasteiger partial charge in [0.1, 0.15) is 0 Å². The van der Waals surface area contributed by atoms with E-state index in [1.807, 2.05) is 18.2 Å². The second-order valence-electron chi connectivity index (χ2n) is 5.99. The zero-order chi connectivity index (χ0) is 17.8. The summed E-state index contributed by atoms with van der Waals surface area (Å²) < 4.78 is 13.3. The Balaban J connectivity index is 1.61. The van der Waals surface area contributed by atoms with Crippen molar-refractivity contribution in [3.8, 4) is 0 Å². The number of amides is 1. The number of fused-ring (bicyclic) bond motifs is 1. The third-order valence-corrected chi connectivity index (χ3v) is 4.30. The summed E-state index contributed by atoms with van der Waals surface area (Å²) >= 11 is 0. The topological polar surface area (TPSA) is 84.3 Å². The van der Waals surface area contributed by atoms with E-state index in [4.69, 9.17) is 0 Å². The fraction of sp³-hybridized carbons (Fsp3) is 0.278. The first-order chi connectivity index (χ1) is 12.0. The van der Waals surface area contributed by atoms with Gasteiger partial charge in [-0.2, -0.15) is 4.39 Å². The van der Waals surface area contributed by atoms with E-state index in [1.54, 1.807) is 0 Å². The minimum absolute atomic E-state index is 0.0261. The molecule has 3 rings (SSSR count). The van der Waals surface area contributed by atoms with E-state index in [0.717, 1.165) is 37.0 Å². The maximum Gasteiger partial charge on any atom is 0.306 e. The van der Waals surface area contributed by atoms with Crippen molar-refractivity contribution >= 4 is 17.3 Å². The molecule has 0 saturated heterocycles. The van der Waals surface area contributed by atoms with Crippen LogP contribution in [0.25, 0.3) is 0 Å². The number of anilines is 1. The molecule has 0 aliphatic heterocycles. The molecule has 0 radical (unpaired) electrons. The summed E-state index contributed by atoms with van der Waals surface area (Å²) in [7, 11) is 0. The fourth-order valence-electron chi connectivity index (χ4n) is 3.09. The molecule has 1 amide bonds. The lowest BCUT2D eigenvalue weighted by Gasteiger charge is -2.26. The molecule has 2 aromatic rings. The third kappa shape index (κ3) is 3.93. The molecule has 0 saturated carbocycles. The van der Waals surface area contributed by atoms with Gasteiger partial charge in [0.25, 0.3) is 0 Å². The van der Waals surface area contributed by atoms with Gasteiger partial charge in [0, 0.05) is 11.8 Å². The smallest absolute Gasteiger partial charge is 0.306 e. The van der Waals surface area contributed by atoms with Crippen LogP contribution >= 0.6 is 0 Å². The van der Waals surface area contributed by atoms with E-state index in [9.17, 15) is 19.3 Å². The molecule has 0 bridgehead atoms. The molecule has 0 heterocycles. The number of rotatable bonds is 5. The van der Waals surface area contributed by atoms with Crippen LogP contribution in [0, 0.1) is 15.9 Å². The molecule has 0 spiro atoms. The molecule has 1 aliphatic carbocycles. The molecule has 0 aromatic heterocycles. The molecule has 7 heteroatoms. The Labute approximate surface area is 144 Å². The van der Waals surface area contributed by atoms with Gasteiger partial charge in [-0.05, 0) is 42.5 Å². The lowest BCUT2D eigenvalue weighted by Crippen LogP contribution is -2.35. The van der Waals surface area contributed by atoms with E-state index in [1.165, 1.54) is 11.6 Å². The van der Waals surface area contributed by atoms with Crippen LogP contribution in [0.2, 0.25) is 0 Å². The molecule has 130 valence electrons. The van der Waals surface area contributed by atoms with Crippen LogP contribution in [0.5, 0.6) is 0 Å². The molecule has 1 aliphatic rings. The summed E-state index contributed by atoms with van der Waals surface area (Å²) in [6.07, 6.45) is 2.91. The molecule has 1 unspecified atom stereocenters. The van der Waals surface area contributed by atoms with Gasteiger partial charge >= 0.3 is 5.69 Å². The van der Waals surface area contributed by atoms with Gasteiger partial charge in [0.05, 0.1) is 17.5 Å². The van der Waals surface area contributed by atoms with E-state index < -0.39 is 16.4 Å². The number of hydrogen-bond donors (Lipinski definition) is 2. The van der Waals surface area contributed by atoms with Crippen molar-refractivity contribution in [1.29, 1.82) is 0 Å². The van der Waals surface area contributed by atoms with Crippen LogP contribution < -0.4 is 10.6 Å². The van der Waals surface area contributed by atoms with E-state index in [2.05, 4.69) is 16.7 Å². The van der Waals surface area contributed by atoms with Crippen molar-refractivity contribution in [2.24, 2.45) is 0 Å². The Kier molecular flexibility index (Phi) is 4.92. The molecule has 0 fully saturated rings. The Bertz CT molecular complexity index is 810. The number of nitro benzene ring substituents is 1. The van der Waals surface area contributed by atoms with Crippen molar-refractivity contribution in [2.75, 3.05) is 11.9 Å². The zero-order valence-corrected chi connectivity index (χ0v) is 13.5. The van der Waals surface area contributed by atoms with Gasteiger partial charge in [-0.25, -0.2) is 0 Å². The number of aryl methyl sites for hydroxylation is 1. The van der Waals surface area contributed by atoms with Gasteiger partial charge in [0.2, 0.25) is 11.7 Å². The van der Waals surface area contributed by atoms with Gasteiger partial charge in [0.15, 0.2) is 0 Å². The Morgan fingerprint density at radius 2 is 2.08 bits per heavy atom. The predicted octanol–water partition coefficient (Wildman–Crippen LogP) is 3.34. The summed E-state index contributed by atoms with van der Waals surface area (Å²) in [5.74, 6) is -1.12. The summed E-state index contributed by atoms with van der Waals surface area (Å²) in [6.45, 7) is -0.0402. The first-order valence-electron chi connectivity index (χ1n) is 8.09. The second kappa shape index (κ2) is 7.29. The lowest BCUT2D eigenvalue weighted by molar-refractivity contribution is -0.387. The number of carbonyl (C=O) groups excluding carboxylic acids is 1. The number of carbonyl (C=O) groups is 1. The Hall–Kier alpha value is -2.96. The lowest BCUT2D eigenvalue weighted by atomic mass is 9.88. The summed E-state index contributed by atoms with van der Waals surface area (Å²) in [5, 5.41) is 16.5. The van der Waals surface area contributed by atoms with Crippen LogP contribution in [0.15, 0.2) is 42.5 Å². The van der Waals surface area contributed by atoms with E-state index in [-0.39, 0.29) is 18.5 Å². The quantitative estimate of drug-likeness (QED) is 0.644. The first kappa shape index (κ1) is 16.9. The minimum atomic E-state index is -0.904. The van der Waals surface area contributed by atoms with Gasteiger partial charge in [-0.3, -0.25) is 14.9 Å². The molecule has 1 atom stereocenters. The van der Waals surface area contributed by atoms with Crippen molar-refractivity contribution in [2.45, 2.75) is 25.3 Å². The predicted molar refractivity (Wildman–Crippen MR) is 91.8 cm³/mol. The maximum atomic E-state index is 13.3. The first-order valence-corrected chi connectivity index (χ1v) is 8.09. The SMILES string of the molecule is O=C(CNc1ccc(F)c([N+](=O)[O-])c1)NC1CCCc2ccccc21. The Morgan fingerprint density at radius 1 is 1.28 bits per heavy atom. The van der Waals surface area contributed by atoms with Crippen molar-refractivity contribution in [3.05, 3.63) is 69.5 Å². The van der Waals surface area contributed by atoms with Crippen molar-refractivity contribution < 1.29 is 14.1 Å². The average Bonchev–Trinajstić information content (AvgIpc) is 2.61. The van der Waals surface area contributed by atoms with Crippen molar-refractivity contribution in [1.82, 2.24) is 5.32 Å². The van der Waals surface area contributed by atoms with Gasteiger partial charge in [-0.15, -0.1) is 0 Å². The average molecular weight is 343 g/mol. The highest BCUT2D eigenvalue weighted by atomic mass is 19.1. The Morgan fingerprint density at radius 3 is 2.88 bits per heavy atom. The van der Waals surface area contributed by atoms with E-state index in [0.29, 0.717) is 5.69 Å². The molecule has 6 nitrogen and oxygen atoms in total. The van der Waals surface area contributed by atoms with Crippen LogP contribution in [0.3, 0.4) is 0 Å². The largest absolute Gasteiger partial charge is 0.376 e. The van der Waals surface area contributed by atoms with Crippen molar-refractivity contribution in [3.63, 3.8) is 0 Å². The van der Waals surface area contributed by atoms with E-state index >= 15 is 0 Å². The zero-order valence-electron chi connectivity index (χ0n) is 13.5. The number of benzene rings is 2. The minimum Gasteiger partial charge on any atom is -0.376 e. The number of nitro groups is 1. The number of hydrogen-bond acceptors (Lipinski definition) is 4. The number of nitrogens with one attached hydrogen (secondary N) is 2. The molecule has 25 heavy (non-hydrogen) atoms. The highest BCUT2D eigenvalue weighted by Crippen LogP contribution is 2.29. The fourth-order valence-corrected chi connectivity index (χ4v) is 3.09. The highest BCUT2D eigenvalue weighted by molar-refractivity contribution is 5.81. The second-order valence-corrected chi connectivity index (χ2v) is 5.99. The summed E-state index contributed by atoms with van der Waals surface area (Å²) in [4.78, 5) is 22.2. The standard InChI is InChI=1S/C18H18FN3O3/c19-15-9-8-13(10-17(15)22(24)25)20-11-18(23)21-16-7-3-5-12-4-1-2-6-14(12)16/h1-2,4,6,8-10,16,20H,3,5,7,11H2,(H,21,23). The normalized spacial score (nSPS) is 16.0. The van der Waals surface area contributed by atoms with Crippen LogP contribution in [-0.4, -0.2) is 17.4 Å². The van der Waals surface area contributed by atoms with Gasteiger partial charge in [-0.1, -0.05) is 24.3 Å². The van der Waals surface area contributed by atoms with Crippen LogP contribution in [0.4, 0.5) is 15.8 Å². The molecule has 2 aromatic carbocycles. The van der Waals surface area contributed by atoms with Crippen LogP contribution in [-0.2, 0) is 11.2 Å². The van der Waals surface area contributed by atoms with Crippen LogP contribution in [0.1, 0.15) is 30.0 Å². The monoisotopic (exact) mass is 343 g/mol. The third-order valence-electron chi connectivity index (χ3n) is 4.30. The summed E-state index contributed by atoms with van der Waals surface area (Å²) in [5.41, 5.74) is 2.10. The van der Waals surface area contributed by atoms with Gasteiger partial charge < -0.3 is 10.6 Å². The maximum absolute atomic E-state index is 13.3. The summed E-state index contributed by atoms with van der Waals surface area (Å²) in [6, 6.07) is 11.5.